The van der Waals surface area contributed by atoms with Gasteiger partial charge in [0.15, 0.2) is 0 Å². The number of esters is 4. The summed E-state index contributed by atoms with van der Waals surface area (Å²) in [6.07, 6.45) is 2.34. The van der Waals surface area contributed by atoms with Gasteiger partial charge in [-0.1, -0.05) is 27.0 Å². The molecule has 2 rings (SSSR count). The maximum atomic E-state index is 12.9. The van der Waals surface area contributed by atoms with Gasteiger partial charge < -0.3 is 32.7 Å². The van der Waals surface area contributed by atoms with Crippen molar-refractivity contribution in [3.8, 4) is 0 Å². The zero-order valence-corrected chi connectivity index (χ0v) is 22.3. The number of carbonyl (C=O) groups excluding carboxylic acids is 4. The normalized spacial score (nSPS) is 11.5. The van der Waals surface area contributed by atoms with Crippen LogP contribution in [-0.2, 0) is 64.6 Å². The van der Waals surface area contributed by atoms with E-state index in [-0.39, 0.29) is 39.3 Å². The standard InChI is InChI=1S/C28H35NO10/c1-5-25(30)34-16-21-10-11-23(38-21)18-36-27(32)14-9-20(15-29(7-3)8-4)28(33)37-19-24-13-12-22(39-24)17-35-26(31)6-2/h5-6,10-13,20H,1-2,7-9,14-19H2,3-4H3. The van der Waals surface area contributed by atoms with E-state index in [9.17, 15) is 19.2 Å². The van der Waals surface area contributed by atoms with Crippen molar-refractivity contribution in [3.05, 3.63) is 72.6 Å². The summed E-state index contributed by atoms with van der Waals surface area (Å²) < 4.78 is 31.5. The largest absolute Gasteiger partial charge is 0.459 e. The molecule has 2 aromatic rings. The number of hydrogen-bond acceptors (Lipinski definition) is 11. The number of ether oxygens (including phenoxy) is 4. The first kappa shape index (κ1) is 31.1. The van der Waals surface area contributed by atoms with Crippen LogP contribution < -0.4 is 0 Å². The SMILES string of the molecule is C=CC(=O)OCc1ccc(COC(=O)CCC(CN(CC)CC)C(=O)OCc2ccc(COC(=O)C=C)o2)o1. The van der Waals surface area contributed by atoms with Crippen LogP contribution in [0.15, 0.2) is 58.4 Å². The molecule has 0 fully saturated rings. The highest BCUT2D eigenvalue weighted by molar-refractivity contribution is 5.81. The van der Waals surface area contributed by atoms with Gasteiger partial charge in [0, 0.05) is 25.1 Å². The van der Waals surface area contributed by atoms with Crippen LogP contribution in [0.25, 0.3) is 0 Å². The fourth-order valence-electron chi connectivity index (χ4n) is 3.41. The lowest BCUT2D eigenvalue weighted by Crippen LogP contribution is -2.34. The molecule has 0 saturated carbocycles. The highest BCUT2D eigenvalue weighted by atomic mass is 16.6. The zero-order valence-electron chi connectivity index (χ0n) is 22.3. The van der Waals surface area contributed by atoms with Crippen molar-refractivity contribution in [3.63, 3.8) is 0 Å². The van der Waals surface area contributed by atoms with Gasteiger partial charge in [-0.2, -0.15) is 0 Å². The number of rotatable bonds is 18. The molecule has 212 valence electrons. The molecule has 0 bridgehead atoms. The second kappa shape index (κ2) is 16.7. The summed E-state index contributed by atoms with van der Waals surface area (Å²) in [5.74, 6) is -1.07. The molecule has 0 radical (unpaired) electrons. The molecule has 11 heteroatoms. The molecule has 0 N–H and O–H groups in total. The third-order valence-corrected chi connectivity index (χ3v) is 5.62. The second-order valence-corrected chi connectivity index (χ2v) is 8.35. The van der Waals surface area contributed by atoms with Gasteiger partial charge in [0.1, 0.15) is 49.5 Å². The molecule has 0 spiro atoms. The van der Waals surface area contributed by atoms with Gasteiger partial charge in [-0.15, -0.1) is 0 Å². The van der Waals surface area contributed by atoms with Gasteiger partial charge >= 0.3 is 23.9 Å². The van der Waals surface area contributed by atoms with E-state index in [0.717, 1.165) is 25.2 Å². The Morgan fingerprint density at radius 1 is 0.769 bits per heavy atom. The van der Waals surface area contributed by atoms with Gasteiger partial charge in [0.2, 0.25) is 0 Å². The average molecular weight is 546 g/mol. The lowest BCUT2D eigenvalue weighted by molar-refractivity contribution is -0.152. The molecule has 0 saturated heterocycles. The highest BCUT2D eigenvalue weighted by Gasteiger charge is 2.24. The number of carbonyl (C=O) groups is 4. The highest BCUT2D eigenvalue weighted by Crippen LogP contribution is 2.17. The van der Waals surface area contributed by atoms with Crippen LogP contribution in [-0.4, -0.2) is 48.4 Å². The Bertz CT molecular complexity index is 1110. The molecule has 11 nitrogen and oxygen atoms in total. The first-order valence-electron chi connectivity index (χ1n) is 12.6. The molecule has 39 heavy (non-hydrogen) atoms. The summed E-state index contributed by atoms with van der Waals surface area (Å²) in [7, 11) is 0. The van der Waals surface area contributed by atoms with E-state index >= 15 is 0 Å². The van der Waals surface area contributed by atoms with Gasteiger partial charge in [-0.3, -0.25) is 9.59 Å². The summed E-state index contributed by atoms with van der Waals surface area (Å²) in [5.41, 5.74) is 0. The van der Waals surface area contributed by atoms with Crippen molar-refractivity contribution in [2.75, 3.05) is 19.6 Å². The van der Waals surface area contributed by atoms with Crippen molar-refractivity contribution in [2.24, 2.45) is 5.92 Å². The van der Waals surface area contributed by atoms with E-state index in [2.05, 4.69) is 18.1 Å². The molecule has 0 amide bonds. The van der Waals surface area contributed by atoms with E-state index in [1.54, 1.807) is 24.3 Å². The Balaban J connectivity index is 1.85. The Morgan fingerprint density at radius 2 is 1.21 bits per heavy atom. The fraction of sp³-hybridized carbons (Fsp3) is 0.429. The van der Waals surface area contributed by atoms with Crippen molar-refractivity contribution in [1.29, 1.82) is 0 Å². The first-order chi connectivity index (χ1) is 18.8. The molecule has 2 heterocycles. The van der Waals surface area contributed by atoms with Crippen molar-refractivity contribution >= 4 is 23.9 Å². The summed E-state index contributed by atoms with van der Waals surface area (Å²) in [5, 5.41) is 0. The molecular formula is C28H35NO10. The Labute approximate surface area is 227 Å². The molecule has 0 aliphatic carbocycles. The van der Waals surface area contributed by atoms with Crippen molar-refractivity contribution < 1.29 is 47.0 Å². The summed E-state index contributed by atoms with van der Waals surface area (Å²) >= 11 is 0. The van der Waals surface area contributed by atoms with Crippen LogP contribution in [0, 0.1) is 5.92 Å². The first-order valence-corrected chi connectivity index (χ1v) is 12.6. The minimum absolute atomic E-state index is 0.00508. The molecule has 0 aliphatic rings. The van der Waals surface area contributed by atoms with Crippen LogP contribution in [0.4, 0.5) is 0 Å². The maximum Gasteiger partial charge on any atom is 0.330 e. The maximum absolute atomic E-state index is 12.9. The quantitative estimate of drug-likeness (QED) is 0.153. The minimum atomic E-state index is -0.572. The fourth-order valence-corrected chi connectivity index (χ4v) is 3.41. The van der Waals surface area contributed by atoms with E-state index in [4.69, 9.17) is 27.8 Å². The van der Waals surface area contributed by atoms with Crippen LogP contribution in [0.1, 0.15) is 49.7 Å². The second-order valence-electron chi connectivity index (χ2n) is 8.35. The lowest BCUT2D eigenvalue weighted by atomic mass is 10.0. The Morgan fingerprint density at radius 3 is 1.64 bits per heavy atom. The average Bonchev–Trinajstić information content (AvgIpc) is 3.61. The lowest BCUT2D eigenvalue weighted by Gasteiger charge is -2.24. The number of nitrogens with zero attached hydrogens (tertiary/aromatic N) is 1. The molecule has 1 unspecified atom stereocenters. The third kappa shape index (κ3) is 11.4. The molecule has 2 aromatic heterocycles. The third-order valence-electron chi connectivity index (χ3n) is 5.62. The topological polar surface area (TPSA) is 135 Å². The van der Waals surface area contributed by atoms with Crippen LogP contribution in [0.3, 0.4) is 0 Å². The summed E-state index contributed by atoms with van der Waals surface area (Å²) in [6, 6.07) is 6.49. The van der Waals surface area contributed by atoms with Crippen molar-refractivity contribution in [2.45, 2.75) is 53.1 Å². The van der Waals surface area contributed by atoms with Crippen molar-refractivity contribution in [1.82, 2.24) is 4.90 Å². The monoisotopic (exact) mass is 545 g/mol. The predicted molar refractivity (Wildman–Crippen MR) is 138 cm³/mol. The molecule has 0 aromatic carbocycles. The Kier molecular flexibility index (Phi) is 13.3. The summed E-state index contributed by atoms with van der Waals surface area (Å²) in [6.45, 7) is 12.2. The van der Waals surface area contributed by atoms with Crippen LogP contribution >= 0.6 is 0 Å². The zero-order chi connectivity index (χ0) is 28.6. The number of hydrogen-bond donors (Lipinski definition) is 0. The van der Waals surface area contributed by atoms with E-state index in [0.29, 0.717) is 29.6 Å². The molecule has 1 atom stereocenters. The van der Waals surface area contributed by atoms with E-state index in [1.165, 1.54) is 0 Å². The summed E-state index contributed by atoms with van der Waals surface area (Å²) in [4.78, 5) is 49.7. The van der Waals surface area contributed by atoms with Gasteiger partial charge in [0.05, 0.1) is 5.92 Å². The van der Waals surface area contributed by atoms with E-state index < -0.39 is 29.8 Å². The van der Waals surface area contributed by atoms with Gasteiger partial charge in [-0.25, -0.2) is 9.59 Å². The van der Waals surface area contributed by atoms with Gasteiger partial charge in [0.25, 0.3) is 0 Å². The Hall–Kier alpha value is -4.12. The minimum Gasteiger partial charge on any atom is -0.459 e. The number of furan rings is 2. The van der Waals surface area contributed by atoms with E-state index in [1.807, 2.05) is 13.8 Å². The van der Waals surface area contributed by atoms with Crippen LogP contribution in [0.5, 0.6) is 0 Å². The molecular weight excluding hydrogens is 510 g/mol. The van der Waals surface area contributed by atoms with Gasteiger partial charge in [-0.05, 0) is 43.8 Å². The smallest absolute Gasteiger partial charge is 0.330 e. The van der Waals surface area contributed by atoms with Crippen LogP contribution in [0.2, 0.25) is 0 Å². The molecule has 0 aliphatic heterocycles. The predicted octanol–water partition coefficient (Wildman–Crippen LogP) is 3.86.